The Morgan fingerprint density at radius 1 is 0.897 bits per heavy atom. The van der Waals surface area contributed by atoms with Crippen LogP contribution in [0.1, 0.15) is 21.6 Å². The highest BCUT2D eigenvalue weighted by Crippen LogP contribution is 2.37. The van der Waals surface area contributed by atoms with Crippen molar-refractivity contribution in [1.29, 1.82) is 0 Å². The number of imide groups is 1. The summed E-state index contributed by atoms with van der Waals surface area (Å²) in [4.78, 5) is 28.9. The van der Waals surface area contributed by atoms with Crippen molar-refractivity contribution in [1.82, 2.24) is 0 Å². The summed E-state index contributed by atoms with van der Waals surface area (Å²) >= 11 is 7.68. The van der Waals surface area contributed by atoms with E-state index in [9.17, 15) is 9.59 Å². The lowest BCUT2D eigenvalue weighted by molar-refractivity contribution is -0.120. The summed E-state index contributed by atoms with van der Waals surface area (Å²) in [5.74, 6) is -0.695. The van der Waals surface area contributed by atoms with Gasteiger partial charge in [0.05, 0.1) is 11.3 Å². The first-order valence-electron chi connectivity index (χ1n) is 9.15. The molecule has 4 rings (SSSR count). The van der Waals surface area contributed by atoms with E-state index in [1.54, 1.807) is 12.1 Å². The molecule has 0 bridgehead atoms. The third-order valence-electron chi connectivity index (χ3n) is 5.20. The highest BCUT2D eigenvalue weighted by molar-refractivity contribution is 7.11. The molecule has 6 heteroatoms. The largest absolute Gasteiger partial charge is 0.350 e. The van der Waals surface area contributed by atoms with E-state index in [0.717, 1.165) is 21.6 Å². The Balaban J connectivity index is 1.85. The molecule has 1 aliphatic heterocycles. The molecule has 29 heavy (non-hydrogen) atoms. The Hall–Kier alpha value is -2.89. The van der Waals surface area contributed by atoms with Crippen LogP contribution in [-0.2, 0) is 9.59 Å². The molecule has 0 fully saturated rings. The molecule has 0 saturated heterocycles. The minimum atomic E-state index is -0.369. The molecule has 0 saturated carbocycles. The molecule has 0 aliphatic carbocycles. The molecule has 2 aromatic carbocycles. The van der Waals surface area contributed by atoms with Gasteiger partial charge in [-0.3, -0.25) is 9.59 Å². The number of aryl methyl sites for hydroxylation is 1. The summed E-state index contributed by atoms with van der Waals surface area (Å²) in [5.41, 5.74) is 4.69. The molecule has 1 N–H and O–H groups in total. The SMILES string of the molecule is Cc1cccc(N2C(=O)C(Nc3cccc(Cl)c3C)=C(c3cccs3)C2=O)c1C. The van der Waals surface area contributed by atoms with Crippen LogP contribution in [0.15, 0.2) is 59.6 Å². The lowest BCUT2D eigenvalue weighted by Crippen LogP contribution is -2.33. The summed E-state index contributed by atoms with van der Waals surface area (Å²) in [5, 5.41) is 5.68. The molecule has 0 radical (unpaired) electrons. The molecule has 0 spiro atoms. The average Bonchev–Trinajstić information content (AvgIpc) is 3.29. The number of hydrogen-bond acceptors (Lipinski definition) is 4. The first-order valence-corrected chi connectivity index (χ1v) is 10.4. The highest BCUT2D eigenvalue weighted by atomic mass is 35.5. The van der Waals surface area contributed by atoms with E-state index < -0.39 is 0 Å². The van der Waals surface area contributed by atoms with Crippen LogP contribution in [0.3, 0.4) is 0 Å². The molecule has 2 amide bonds. The number of benzene rings is 2. The second kappa shape index (κ2) is 7.50. The van der Waals surface area contributed by atoms with E-state index in [-0.39, 0.29) is 17.5 Å². The lowest BCUT2D eigenvalue weighted by atomic mass is 10.1. The fourth-order valence-corrected chi connectivity index (χ4v) is 4.31. The van der Waals surface area contributed by atoms with Gasteiger partial charge in [0, 0.05) is 15.6 Å². The Bertz CT molecular complexity index is 1170. The molecular formula is C23H19ClN2O2S. The maximum absolute atomic E-state index is 13.4. The van der Waals surface area contributed by atoms with Gasteiger partial charge in [0.25, 0.3) is 11.8 Å². The summed E-state index contributed by atoms with van der Waals surface area (Å²) in [7, 11) is 0. The van der Waals surface area contributed by atoms with Crippen LogP contribution in [0.4, 0.5) is 11.4 Å². The number of anilines is 2. The van der Waals surface area contributed by atoms with Gasteiger partial charge in [-0.2, -0.15) is 0 Å². The molecule has 1 aliphatic rings. The zero-order valence-electron chi connectivity index (χ0n) is 16.2. The Kier molecular flexibility index (Phi) is 5.03. The molecule has 0 atom stereocenters. The minimum Gasteiger partial charge on any atom is -0.350 e. The first kappa shape index (κ1) is 19.4. The normalized spacial score (nSPS) is 14.1. The van der Waals surface area contributed by atoms with Crippen LogP contribution in [0.2, 0.25) is 5.02 Å². The van der Waals surface area contributed by atoms with Crippen molar-refractivity contribution in [2.24, 2.45) is 0 Å². The van der Waals surface area contributed by atoms with Crippen molar-refractivity contribution in [2.45, 2.75) is 20.8 Å². The maximum Gasteiger partial charge on any atom is 0.282 e. The van der Waals surface area contributed by atoms with Gasteiger partial charge in [-0.15, -0.1) is 11.3 Å². The third-order valence-corrected chi connectivity index (χ3v) is 6.49. The number of carbonyl (C=O) groups is 2. The summed E-state index contributed by atoms with van der Waals surface area (Å²) in [6.45, 7) is 5.76. The molecule has 146 valence electrons. The van der Waals surface area contributed by atoms with E-state index in [1.165, 1.54) is 16.2 Å². The molecule has 0 unspecified atom stereocenters. The predicted molar refractivity (Wildman–Crippen MR) is 119 cm³/mol. The molecular weight excluding hydrogens is 404 g/mol. The van der Waals surface area contributed by atoms with E-state index >= 15 is 0 Å². The average molecular weight is 423 g/mol. The van der Waals surface area contributed by atoms with Crippen LogP contribution in [-0.4, -0.2) is 11.8 Å². The van der Waals surface area contributed by atoms with E-state index in [0.29, 0.717) is 22.0 Å². The van der Waals surface area contributed by atoms with Crippen molar-refractivity contribution in [3.8, 4) is 0 Å². The minimum absolute atomic E-state index is 0.267. The standard InChI is InChI=1S/C23H19ClN2O2S/c1-13-7-4-10-18(14(13)2)26-22(27)20(19-11-6-12-29-19)21(23(26)28)25-17-9-5-8-16(24)15(17)3/h4-12,25H,1-3H3. The van der Waals surface area contributed by atoms with Gasteiger partial charge in [0.1, 0.15) is 5.70 Å². The topological polar surface area (TPSA) is 49.4 Å². The van der Waals surface area contributed by atoms with Gasteiger partial charge in [-0.1, -0.05) is 35.9 Å². The van der Waals surface area contributed by atoms with Crippen LogP contribution < -0.4 is 10.2 Å². The number of hydrogen-bond donors (Lipinski definition) is 1. The quantitative estimate of drug-likeness (QED) is 0.547. The van der Waals surface area contributed by atoms with E-state index in [4.69, 9.17) is 11.6 Å². The van der Waals surface area contributed by atoms with Crippen molar-refractivity contribution in [2.75, 3.05) is 10.2 Å². The third kappa shape index (κ3) is 3.26. The van der Waals surface area contributed by atoms with Crippen molar-refractivity contribution in [3.05, 3.63) is 86.2 Å². The number of amides is 2. The highest BCUT2D eigenvalue weighted by Gasteiger charge is 2.41. The molecule has 4 nitrogen and oxygen atoms in total. The number of nitrogens with zero attached hydrogens (tertiary/aromatic N) is 1. The summed E-state index contributed by atoms with van der Waals surface area (Å²) < 4.78 is 0. The smallest absolute Gasteiger partial charge is 0.282 e. The van der Waals surface area contributed by atoms with Crippen LogP contribution in [0.25, 0.3) is 5.57 Å². The summed E-state index contributed by atoms with van der Waals surface area (Å²) in [6.07, 6.45) is 0. The van der Waals surface area contributed by atoms with Gasteiger partial charge < -0.3 is 5.32 Å². The first-order chi connectivity index (χ1) is 13.9. The fourth-order valence-electron chi connectivity index (χ4n) is 3.37. The zero-order chi connectivity index (χ0) is 20.7. The number of thiophene rings is 1. The van der Waals surface area contributed by atoms with Gasteiger partial charge in [-0.05, 0) is 67.1 Å². The van der Waals surface area contributed by atoms with Crippen LogP contribution in [0, 0.1) is 20.8 Å². The Morgan fingerprint density at radius 3 is 2.38 bits per heavy atom. The zero-order valence-corrected chi connectivity index (χ0v) is 17.8. The van der Waals surface area contributed by atoms with Gasteiger partial charge in [0.15, 0.2) is 0 Å². The Morgan fingerprint density at radius 2 is 1.66 bits per heavy atom. The van der Waals surface area contributed by atoms with Crippen molar-refractivity contribution >= 4 is 51.7 Å². The molecule has 2 heterocycles. The van der Waals surface area contributed by atoms with Crippen molar-refractivity contribution in [3.63, 3.8) is 0 Å². The van der Waals surface area contributed by atoms with E-state index in [2.05, 4.69) is 5.32 Å². The lowest BCUT2D eigenvalue weighted by Gasteiger charge is -2.19. The van der Waals surface area contributed by atoms with Crippen LogP contribution >= 0.6 is 22.9 Å². The number of carbonyl (C=O) groups excluding carboxylic acids is 2. The Labute approximate surface area is 178 Å². The second-order valence-electron chi connectivity index (χ2n) is 6.93. The second-order valence-corrected chi connectivity index (χ2v) is 8.28. The monoisotopic (exact) mass is 422 g/mol. The van der Waals surface area contributed by atoms with Crippen molar-refractivity contribution < 1.29 is 9.59 Å². The summed E-state index contributed by atoms with van der Waals surface area (Å²) in [6, 6.07) is 14.8. The van der Waals surface area contributed by atoms with Crippen LogP contribution in [0.5, 0.6) is 0 Å². The molecule has 1 aromatic heterocycles. The maximum atomic E-state index is 13.4. The fraction of sp³-hybridized carbons (Fsp3) is 0.130. The number of rotatable bonds is 4. The van der Waals surface area contributed by atoms with E-state index in [1.807, 2.05) is 62.5 Å². The van der Waals surface area contributed by atoms with Gasteiger partial charge in [0.2, 0.25) is 0 Å². The predicted octanol–water partition coefficient (Wildman–Crippen LogP) is 5.72. The van der Waals surface area contributed by atoms with Gasteiger partial charge >= 0.3 is 0 Å². The van der Waals surface area contributed by atoms with Gasteiger partial charge in [-0.25, -0.2) is 4.90 Å². The molecule has 3 aromatic rings. The number of nitrogens with one attached hydrogen (secondary N) is 1. The number of halogens is 1.